The third kappa shape index (κ3) is 5.43. The molecule has 2 nitrogen and oxygen atoms in total. The standard InChI is InChI=1S/C20H30O2/c1-15(8-6-9-17(3)19(22)14-21)11-12-18-16(2)10-7-13-20(18,4)5/h6,8-12,19,21-22H,7,13-14H2,1-5H3/b8-6+,15-11+,17-9+,18-12+. The maximum atomic E-state index is 9.47. The number of aliphatic hydroxyl groups is 2. The van der Waals surface area contributed by atoms with Gasteiger partial charge in [0.1, 0.15) is 0 Å². The molecule has 0 saturated carbocycles. The Hall–Kier alpha value is -1.38. The molecule has 0 aromatic rings. The molecule has 0 fully saturated rings. The first kappa shape index (κ1) is 18.7. The van der Waals surface area contributed by atoms with E-state index in [0.717, 1.165) is 17.6 Å². The highest BCUT2D eigenvalue weighted by atomic mass is 16.3. The van der Waals surface area contributed by atoms with Crippen LogP contribution in [0.25, 0.3) is 0 Å². The molecular formula is C20H30O2. The van der Waals surface area contributed by atoms with Crippen LogP contribution < -0.4 is 0 Å². The third-order valence-corrected chi connectivity index (χ3v) is 4.30. The molecule has 122 valence electrons. The molecule has 0 saturated heterocycles. The molecule has 22 heavy (non-hydrogen) atoms. The van der Waals surface area contributed by atoms with Crippen molar-refractivity contribution >= 4 is 0 Å². The van der Waals surface area contributed by atoms with E-state index in [4.69, 9.17) is 5.11 Å². The maximum Gasteiger partial charge on any atom is 0.0981 e. The monoisotopic (exact) mass is 302 g/mol. The van der Waals surface area contributed by atoms with Crippen LogP contribution in [0.3, 0.4) is 0 Å². The minimum absolute atomic E-state index is 0.237. The highest BCUT2D eigenvalue weighted by Gasteiger charge is 2.26. The zero-order valence-electron chi connectivity index (χ0n) is 14.6. The quantitative estimate of drug-likeness (QED) is 0.735. The van der Waals surface area contributed by atoms with Gasteiger partial charge in [-0.05, 0) is 50.2 Å². The number of rotatable bonds is 5. The van der Waals surface area contributed by atoms with Crippen LogP contribution in [0, 0.1) is 5.41 Å². The van der Waals surface area contributed by atoms with E-state index in [0.29, 0.717) is 0 Å². The molecule has 0 radical (unpaired) electrons. The van der Waals surface area contributed by atoms with Gasteiger partial charge >= 0.3 is 0 Å². The summed E-state index contributed by atoms with van der Waals surface area (Å²) in [5, 5.41) is 18.3. The van der Waals surface area contributed by atoms with Crippen molar-refractivity contribution in [2.45, 2.75) is 53.6 Å². The van der Waals surface area contributed by atoms with E-state index in [-0.39, 0.29) is 12.0 Å². The summed E-state index contributed by atoms with van der Waals surface area (Å²) < 4.78 is 0. The van der Waals surface area contributed by atoms with E-state index < -0.39 is 6.10 Å². The summed E-state index contributed by atoms with van der Waals surface area (Å²) in [6, 6.07) is 0. The van der Waals surface area contributed by atoms with Crippen molar-refractivity contribution in [2.75, 3.05) is 6.61 Å². The molecule has 1 aliphatic rings. The van der Waals surface area contributed by atoms with E-state index in [1.807, 2.05) is 25.2 Å². The SMILES string of the molecule is CC1=CCCC(C)(C)/C1=C/C=C(C)/C=C/C=C(\C)C(O)CO. The van der Waals surface area contributed by atoms with Gasteiger partial charge in [0.25, 0.3) is 0 Å². The van der Waals surface area contributed by atoms with Crippen molar-refractivity contribution < 1.29 is 10.2 Å². The lowest BCUT2D eigenvalue weighted by Gasteiger charge is -2.32. The fourth-order valence-electron chi connectivity index (χ4n) is 2.66. The lowest BCUT2D eigenvalue weighted by Crippen LogP contribution is -2.18. The van der Waals surface area contributed by atoms with Crippen molar-refractivity contribution in [1.29, 1.82) is 0 Å². The van der Waals surface area contributed by atoms with E-state index in [2.05, 4.69) is 45.9 Å². The number of hydrogen-bond acceptors (Lipinski definition) is 2. The zero-order valence-corrected chi connectivity index (χ0v) is 14.6. The van der Waals surface area contributed by atoms with Gasteiger partial charge in [-0.1, -0.05) is 61.4 Å². The van der Waals surface area contributed by atoms with Gasteiger partial charge in [0.15, 0.2) is 0 Å². The van der Waals surface area contributed by atoms with Crippen molar-refractivity contribution in [3.8, 4) is 0 Å². The molecule has 0 spiro atoms. The van der Waals surface area contributed by atoms with E-state index >= 15 is 0 Å². The molecule has 0 amide bonds. The normalized spacial score (nSPS) is 23.0. The second kappa shape index (κ2) is 8.30. The molecule has 1 atom stereocenters. The molecule has 2 N–H and O–H groups in total. The van der Waals surface area contributed by atoms with Gasteiger partial charge < -0.3 is 10.2 Å². The Kier molecular flexibility index (Phi) is 7.05. The van der Waals surface area contributed by atoms with E-state index in [1.54, 1.807) is 0 Å². The maximum absolute atomic E-state index is 9.47. The van der Waals surface area contributed by atoms with Crippen LogP contribution in [0.1, 0.15) is 47.5 Å². The van der Waals surface area contributed by atoms with Crippen LogP contribution in [0.2, 0.25) is 0 Å². The number of aliphatic hydroxyl groups excluding tert-OH is 2. The van der Waals surface area contributed by atoms with Crippen LogP contribution in [-0.2, 0) is 0 Å². The van der Waals surface area contributed by atoms with Gasteiger partial charge in [-0.15, -0.1) is 0 Å². The first-order valence-electron chi connectivity index (χ1n) is 7.98. The van der Waals surface area contributed by atoms with E-state index in [1.165, 1.54) is 17.6 Å². The van der Waals surface area contributed by atoms with Gasteiger partial charge in [-0.2, -0.15) is 0 Å². The number of hydrogen-bond donors (Lipinski definition) is 2. The summed E-state index contributed by atoms with van der Waals surface area (Å²) in [5.74, 6) is 0. The van der Waals surface area contributed by atoms with Crippen LogP contribution >= 0.6 is 0 Å². The van der Waals surface area contributed by atoms with Crippen molar-refractivity contribution in [3.05, 3.63) is 58.7 Å². The first-order valence-corrected chi connectivity index (χ1v) is 7.98. The van der Waals surface area contributed by atoms with Gasteiger partial charge in [0.2, 0.25) is 0 Å². The summed E-state index contributed by atoms with van der Waals surface area (Å²) in [7, 11) is 0. The number of allylic oxidation sites excluding steroid dienone is 9. The second-order valence-corrected chi connectivity index (χ2v) is 6.77. The van der Waals surface area contributed by atoms with Gasteiger partial charge in [-0.25, -0.2) is 0 Å². The van der Waals surface area contributed by atoms with E-state index in [9.17, 15) is 5.11 Å². The predicted octanol–water partition coefficient (Wildman–Crippen LogP) is 4.48. The third-order valence-electron chi connectivity index (χ3n) is 4.30. The lowest BCUT2D eigenvalue weighted by atomic mass is 9.73. The summed E-state index contributed by atoms with van der Waals surface area (Å²) in [6.07, 6.45) is 14.0. The highest BCUT2D eigenvalue weighted by Crippen LogP contribution is 2.40. The van der Waals surface area contributed by atoms with Gasteiger partial charge in [0, 0.05) is 0 Å². The summed E-state index contributed by atoms with van der Waals surface area (Å²) in [5.41, 5.74) is 4.95. The minimum Gasteiger partial charge on any atom is -0.393 e. The average Bonchev–Trinajstić information content (AvgIpc) is 2.45. The Morgan fingerprint density at radius 2 is 2.00 bits per heavy atom. The molecular weight excluding hydrogens is 272 g/mol. The predicted molar refractivity (Wildman–Crippen MR) is 94.6 cm³/mol. The Morgan fingerprint density at radius 3 is 2.59 bits per heavy atom. The van der Waals surface area contributed by atoms with Crippen molar-refractivity contribution in [2.24, 2.45) is 5.41 Å². The smallest absolute Gasteiger partial charge is 0.0981 e. The Labute approximate surface area is 135 Å². The van der Waals surface area contributed by atoms with Crippen molar-refractivity contribution in [1.82, 2.24) is 0 Å². The average molecular weight is 302 g/mol. The van der Waals surface area contributed by atoms with Crippen molar-refractivity contribution in [3.63, 3.8) is 0 Å². The summed E-state index contributed by atoms with van der Waals surface area (Å²) in [6.45, 7) is 10.4. The van der Waals surface area contributed by atoms with Gasteiger partial charge in [-0.3, -0.25) is 0 Å². The molecule has 1 aliphatic carbocycles. The Bertz CT molecular complexity index is 528. The molecule has 0 aromatic carbocycles. The van der Waals surface area contributed by atoms with Crippen LogP contribution in [0.15, 0.2) is 58.7 Å². The fourth-order valence-corrected chi connectivity index (χ4v) is 2.66. The molecule has 0 aliphatic heterocycles. The molecule has 0 aromatic heterocycles. The van der Waals surface area contributed by atoms with Crippen LogP contribution in [0.5, 0.6) is 0 Å². The fraction of sp³-hybridized carbons (Fsp3) is 0.500. The molecule has 1 unspecified atom stereocenters. The van der Waals surface area contributed by atoms with Crippen LogP contribution in [-0.4, -0.2) is 22.9 Å². The molecule has 0 heterocycles. The largest absolute Gasteiger partial charge is 0.393 e. The molecule has 0 bridgehead atoms. The highest BCUT2D eigenvalue weighted by molar-refractivity contribution is 5.40. The topological polar surface area (TPSA) is 40.5 Å². The molecule has 1 rings (SSSR count). The Morgan fingerprint density at radius 1 is 1.32 bits per heavy atom. The summed E-state index contributed by atoms with van der Waals surface area (Å²) in [4.78, 5) is 0. The van der Waals surface area contributed by atoms with Crippen LogP contribution in [0.4, 0.5) is 0 Å². The second-order valence-electron chi connectivity index (χ2n) is 6.77. The zero-order chi connectivity index (χ0) is 16.8. The Balaban J connectivity index is 2.83. The lowest BCUT2D eigenvalue weighted by molar-refractivity contribution is 0.122. The minimum atomic E-state index is -0.771. The molecule has 2 heteroatoms. The van der Waals surface area contributed by atoms with Gasteiger partial charge in [0.05, 0.1) is 12.7 Å². The first-order chi connectivity index (χ1) is 10.3. The summed E-state index contributed by atoms with van der Waals surface area (Å²) >= 11 is 0.